The van der Waals surface area contributed by atoms with Gasteiger partial charge >= 0.3 is 0 Å². The number of hydrogen-bond donors (Lipinski definition) is 1. The van der Waals surface area contributed by atoms with E-state index >= 15 is 0 Å². The molecule has 0 saturated heterocycles. The van der Waals surface area contributed by atoms with Crippen LogP contribution in [0.3, 0.4) is 0 Å². The summed E-state index contributed by atoms with van der Waals surface area (Å²) >= 11 is 0. The zero-order chi connectivity index (χ0) is 8.06. The fourth-order valence-electron chi connectivity index (χ4n) is 2.46. The fourth-order valence-corrected chi connectivity index (χ4v) is 2.46. The molecule has 0 aliphatic heterocycles. The Hall–Kier alpha value is -0.640. The highest BCUT2D eigenvalue weighted by atomic mass is 16.6. The molecule has 1 N–H and O–H groups in total. The highest BCUT2D eigenvalue weighted by molar-refractivity contribution is 5.11. The maximum Gasteiger partial charge on any atom is 0.221 e. The van der Waals surface area contributed by atoms with Gasteiger partial charge in [-0.15, -0.1) is 0 Å². The number of aliphatic hydroxyl groups excluding tert-OH is 1. The summed E-state index contributed by atoms with van der Waals surface area (Å²) in [6.07, 6.45) is 2.47. The number of aliphatic hydroxyl groups is 1. The third kappa shape index (κ3) is 0.730. The van der Waals surface area contributed by atoms with Crippen molar-refractivity contribution in [1.82, 2.24) is 0 Å². The van der Waals surface area contributed by atoms with E-state index in [9.17, 15) is 10.1 Å². The third-order valence-electron chi connectivity index (χ3n) is 3.28. The topological polar surface area (TPSA) is 63.4 Å². The average molecular weight is 157 g/mol. The van der Waals surface area contributed by atoms with Crippen LogP contribution in [-0.2, 0) is 0 Å². The molecule has 3 unspecified atom stereocenters. The van der Waals surface area contributed by atoms with Gasteiger partial charge in [0.05, 0.1) is 12.0 Å². The van der Waals surface area contributed by atoms with Crippen LogP contribution in [0, 0.1) is 21.4 Å². The molecule has 2 aliphatic carbocycles. The van der Waals surface area contributed by atoms with Gasteiger partial charge in [-0.25, -0.2) is 0 Å². The van der Waals surface area contributed by atoms with Crippen LogP contribution >= 0.6 is 0 Å². The van der Waals surface area contributed by atoms with Gasteiger partial charge in [-0.2, -0.15) is 0 Å². The molecule has 0 heterocycles. The van der Waals surface area contributed by atoms with E-state index in [1.807, 2.05) is 0 Å². The molecule has 0 bridgehead atoms. The summed E-state index contributed by atoms with van der Waals surface area (Å²) in [5.41, 5.74) is -0.302. The predicted octanol–water partition coefficient (Wildman–Crippen LogP) is 0.424. The zero-order valence-electron chi connectivity index (χ0n) is 6.19. The quantitative estimate of drug-likeness (QED) is 0.467. The Bertz CT molecular complexity index is 202. The van der Waals surface area contributed by atoms with Gasteiger partial charge in [-0.05, 0) is 18.8 Å². The molecule has 62 valence electrons. The van der Waals surface area contributed by atoms with E-state index in [0.29, 0.717) is 12.3 Å². The maximum absolute atomic E-state index is 10.5. The lowest BCUT2D eigenvalue weighted by Gasteiger charge is -2.12. The van der Waals surface area contributed by atoms with Gasteiger partial charge in [0.2, 0.25) is 6.04 Å². The molecule has 3 atom stereocenters. The van der Waals surface area contributed by atoms with Gasteiger partial charge in [0.25, 0.3) is 0 Å². The Morgan fingerprint density at radius 1 is 1.64 bits per heavy atom. The first-order valence-electron chi connectivity index (χ1n) is 3.95. The van der Waals surface area contributed by atoms with Crippen LogP contribution in [-0.4, -0.2) is 22.7 Å². The summed E-state index contributed by atoms with van der Waals surface area (Å²) in [5.74, 6) is 0.447. The first-order valence-corrected chi connectivity index (χ1v) is 3.95. The summed E-state index contributed by atoms with van der Waals surface area (Å²) in [5, 5.41) is 19.5. The Kier molecular flexibility index (Phi) is 1.24. The molecule has 2 rings (SSSR count). The van der Waals surface area contributed by atoms with E-state index in [4.69, 9.17) is 5.11 Å². The first-order chi connectivity index (χ1) is 5.20. The van der Waals surface area contributed by atoms with Crippen molar-refractivity contribution < 1.29 is 10.0 Å². The van der Waals surface area contributed by atoms with Crippen LogP contribution in [0.25, 0.3) is 0 Å². The normalized spacial score (nSPS) is 47.0. The monoisotopic (exact) mass is 157 g/mol. The number of hydrogen-bond acceptors (Lipinski definition) is 3. The lowest BCUT2D eigenvalue weighted by Crippen LogP contribution is -2.30. The number of nitro groups is 1. The summed E-state index contributed by atoms with van der Waals surface area (Å²) in [6, 6.07) is -0.461. The van der Waals surface area contributed by atoms with E-state index in [1.165, 1.54) is 0 Å². The fraction of sp³-hybridized carbons (Fsp3) is 1.00. The SMILES string of the molecule is O=[N+]([O-])C1CCC2CC21CO. The van der Waals surface area contributed by atoms with Gasteiger partial charge in [-0.3, -0.25) is 10.1 Å². The molecule has 4 heteroatoms. The van der Waals surface area contributed by atoms with Gasteiger partial charge in [-0.1, -0.05) is 0 Å². The van der Waals surface area contributed by atoms with Gasteiger partial charge in [0, 0.05) is 11.3 Å². The predicted molar refractivity (Wildman–Crippen MR) is 37.6 cm³/mol. The second-order valence-electron chi connectivity index (χ2n) is 3.67. The summed E-state index contributed by atoms with van der Waals surface area (Å²) < 4.78 is 0. The standard InChI is InChI=1S/C7H11NO3/c9-4-7-3-5(7)1-2-6(7)8(10)11/h5-6,9H,1-4H2. The molecule has 0 radical (unpaired) electrons. The second-order valence-corrected chi connectivity index (χ2v) is 3.67. The molecule has 0 aromatic heterocycles. The molecule has 2 aliphatic rings. The van der Waals surface area contributed by atoms with Crippen molar-refractivity contribution in [3.8, 4) is 0 Å². The number of nitrogens with zero attached hydrogens (tertiary/aromatic N) is 1. The largest absolute Gasteiger partial charge is 0.396 e. The minimum atomic E-state index is -0.461. The number of rotatable bonds is 2. The molecular formula is C7H11NO3. The van der Waals surface area contributed by atoms with Crippen molar-refractivity contribution >= 4 is 0 Å². The molecule has 0 aromatic carbocycles. The summed E-state index contributed by atoms with van der Waals surface area (Å²) in [6.45, 7) is 0.00329. The summed E-state index contributed by atoms with van der Waals surface area (Å²) in [4.78, 5) is 10.3. The molecular weight excluding hydrogens is 146 g/mol. The van der Waals surface area contributed by atoms with Crippen LogP contribution in [0.1, 0.15) is 19.3 Å². The highest BCUT2D eigenvalue weighted by Crippen LogP contribution is 2.63. The smallest absolute Gasteiger partial charge is 0.221 e. The zero-order valence-corrected chi connectivity index (χ0v) is 6.19. The Morgan fingerprint density at radius 3 is 2.73 bits per heavy atom. The average Bonchev–Trinajstić information content (AvgIpc) is 2.58. The molecule has 11 heavy (non-hydrogen) atoms. The third-order valence-corrected chi connectivity index (χ3v) is 3.28. The molecule has 2 saturated carbocycles. The summed E-state index contributed by atoms with van der Waals surface area (Å²) in [7, 11) is 0. The Morgan fingerprint density at radius 2 is 2.36 bits per heavy atom. The minimum Gasteiger partial charge on any atom is -0.396 e. The molecule has 0 amide bonds. The van der Waals surface area contributed by atoms with Gasteiger partial charge in [0.15, 0.2) is 0 Å². The molecule has 0 spiro atoms. The molecule has 0 aromatic rings. The van der Waals surface area contributed by atoms with Crippen molar-refractivity contribution in [1.29, 1.82) is 0 Å². The van der Waals surface area contributed by atoms with E-state index in [1.54, 1.807) is 0 Å². The first kappa shape index (κ1) is 7.03. The van der Waals surface area contributed by atoms with Gasteiger partial charge < -0.3 is 5.11 Å². The van der Waals surface area contributed by atoms with E-state index in [-0.39, 0.29) is 16.9 Å². The van der Waals surface area contributed by atoms with Crippen molar-refractivity contribution in [3.63, 3.8) is 0 Å². The van der Waals surface area contributed by atoms with Crippen LogP contribution in [0.4, 0.5) is 0 Å². The van der Waals surface area contributed by atoms with Crippen molar-refractivity contribution in [2.24, 2.45) is 11.3 Å². The van der Waals surface area contributed by atoms with Gasteiger partial charge in [0.1, 0.15) is 0 Å². The van der Waals surface area contributed by atoms with E-state index in [2.05, 4.69) is 0 Å². The Labute approximate surface area is 64.4 Å². The maximum atomic E-state index is 10.5. The lowest BCUT2D eigenvalue weighted by molar-refractivity contribution is -0.534. The van der Waals surface area contributed by atoms with Crippen molar-refractivity contribution in [2.75, 3.05) is 6.61 Å². The van der Waals surface area contributed by atoms with Crippen LogP contribution in [0.2, 0.25) is 0 Å². The highest BCUT2D eigenvalue weighted by Gasteiger charge is 2.68. The van der Waals surface area contributed by atoms with Crippen LogP contribution < -0.4 is 0 Å². The Balaban J connectivity index is 2.17. The number of fused-ring (bicyclic) bond motifs is 1. The minimum absolute atomic E-state index is 0.00329. The van der Waals surface area contributed by atoms with E-state index < -0.39 is 6.04 Å². The van der Waals surface area contributed by atoms with Crippen LogP contribution in [0.15, 0.2) is 0 Å². The second kappa shape index (κ2) is 1.94. The van der Waals surface area contributed by atoms with E-state index in [0.717, 1.165) is 12.8 Å². The lowest BCUT2D eigenvalue weighted by atomic mass is 10.00. The van der Waals surface area contributed by atoms with Crippen molar-refractivity contribution in [3.05, 3.63) is 10.1 Å². The molecule has 4 nitrogen and oxygen atoms in total. The van der Waals surface area contributed by atoms with Crippen molar-refractivity contribution in [2.45, 2.75) is 25.3 Å². The van der Waals surface area contributed by atoms with Crippen LogP contribution in [0.5, 0.6) is 0 Å². The molecule has 2 fully saturated rings.